The van der Waals surface area contributed by atoms with Crippen molar-refractivity contribution in [3.8, 4) is 0 Å². The topological polar surface area (TPSA) is 46.5 Å². The van der Waals surface area contributed by atoms with Crippen molar-refractivity contribution in [2.45, 2.75) is 25.9 Å². The van der Waals surface area contributed by atoms with Gasteiger partial charge in [-0.3, -0.25) is 0 Å². The molecule has 0 bridgehead atoms. The van der Waals surface area contributed by atoms with E-state index in [0.717, 1.165) is 15.6 Å². The average Bonchev–Trinajstić information content (AvgIpc) is 2.26. The smallest absolute Gasteiger partial charge is 0.333 e. The second-order valence-corrected chi connectivity index (χ2v) is 4.77. The molecule has 0 radical (unpaired) electrons. The molecule has 1 rings (SSSR count). The summed E-state index contributed by atoms with van der Waals surface area (Å²) in [5.74, 6) is -0.896. The quantitative estimate of drug-likeness (QED) is 0.814. The summed E-state index contributed by atoms with van der Waals surface area (Å²) in [5, 5.41) is 8.99. The van der Waals surface area contributed by atoms with Crippen LogP contribution in [0.2, 0.25) is 0 Å². The highest BCUT2D eigenvalue weighted by Crippen LogP contribution is 2.10. The third-order valence-electron chi connectivity index (χ3n) is 2.13. The number of hydrogen-bond acceptors (Lipinski definition) is 2. The summed E-state index contributed by atoms with van der Waals surface area (Å²) in [6.45, 7) is 2.45. The monoisotopic (exact) mass is 334 g/mol. The molecular formula is C12H15IO3. The van der Waals surface area contributed by atoms with Crippen LogP contribution in [-0.4, -0.2) is 23.8 Å². The van der Waals surface area contributed by atoms with Crippen molar-refractivity contribution in [1.82, 2.24) is 0 Å². The van der Waals surface area contributed by atoms with Gasteiger partial charge in [0.2, 0.25) is 0 Å². The zero-order valence-electron chi connectivity index (χ0n) is 9.15. The van der Waals surface area contributed by atoms with Crippen LogP contribution in [0.3, 0.4) is 0 Å². The molecule has 0 aliphatic rings. The lowest BCUT2D eigenvalue weighted by Crippen LogP contribution is -2.26. The van der Waals surface area contributed by atoms with Crippen LogP contribution < -0.4 is 0 Å². The van der Waals surface area contributed by atoms with Crippen molar-refractivity contribution < 1.29 is 14.6 Å². The summed E-state index contributed by atoms with van der Waals surface area (Å²) in [6, 6.07) is 7.81. The molecule has 0 amide bonds. The van der Waals surface area contributed by atoms with E-state index in [4.69, 9.17) is 9.84 Å². The van der Waals surface area contributed by atoms with Crippen molar-refractivity contribution in [1.29, 1.82) is 0 Å². The number of ether oxygens (including phenoxy) is 1. The molecule has 4 heteroatoms. The van der Waals surface area contributed by atoms with Gasteiger partial charge < -0.3 is 9.84 Å². The van der Waals surface area contributed by atoms with E-state index in [1.54, 1.807) is 0 Å². The minimum absolute atomic E-state index is 0.423. The van der Waals surface area contributed by atoms with E-state index < -0.39 is 12.1 Å². The molecule has 0 aromatic heterocycles. The van der Waals surface area contributed by atoms with Crippen LogP contribution in [0.25, 0.3) is 0 Å². The first-order chi connectivity index (χ1) is 7.63. The zero-order chi connectivity index (χ0) is 12.0. The van der Waals surface area contributed by atoms with Crippen LogP contribution in [0, 0.1) is 3.57 Å². The molecule has 1 N–H and O–H groups in total. The Balaban J connectivity index is 2.60. The molecule has 0 unspecified atom stereocenters. The maximum atomic E-state index is 11.0. The number of carbonyl (C=O) groups is 1. The molecule has 88 valence electrons. The van der Waals surface area contributed by atoms with E-state index in [2.05, 4.69) is 22.6 Å². The van der Waals surface area contributed by atoms with Crippen LogP contribution in [0.1, 0.15) is 18.9 Å². The van der Waals surface area contributed by atoms with Gasteiger partial charge in [-0.25, -0.2) is 4.79 Å². The molecule has 0 fully saturated rings. The Bertz CT molecular complexity index is 335. The summed E-state index contributed by atoms with van der Waals surface area (Å²) in [7, 11) is 0. The van der Waals surface area contributed by atoms with E-state index >= 15 is 0 Å². The molecule has 0 aliphatic heterocycles. The van der Waals surface area contributed by atoms with E-state index in [0.29, 0.717) is 13.0 Å². The molecule has 16 heavy (non-hydrogen) atoms. The minimum Gasteiger partial charge on any atom is -0.479 e. The molecule has 0 heterocycles. The van der Waals surface area contributed by atoms with Crippen LogP contribution in [0.5, 0.6) is 0 Å². The summed E-state index contributed by atoms with van der Waals surface area (Å²) in [5.41, 5.74) is 0.990. The molecule has 0 aliphatic carbocycles. The van der Waals surface area contributed by atoms with Gasteiger partial charge in [0.25, 0.3) is 0 Å². The van der Waals surface area contributed by atoms with Gasteiger partial charge >= 0.3 is 5.97 Å². The maximum absolute atomic E-state index is 11.0. The predicted octanol–water partition coefficient (Wildman–Crippen LogP) is 2.71. The Morgan fingerprint density at radius 3 is 2.56 bits per heavy atom. The zero-order valence-corrected chi connectivity index (χ0v) is 11.3. The van der Waals surface area contributed by atoms with Crippen LogP contribution >= 0.6 is 22.6 Å². The fourth-order valence-electron chi connectivity index (χ4n) is 1.31. The lowest BCUT2D eigenvalue weighted by Gasteiger charge is -2.13. The molecule has 0 saturated carbocycles. The summed E-state index contributed by atoms with van der Waals surface area (Å²) in [6.07, 6.45) is 0.517. The maximum Gasteiger partial charge on any atom is 0.333 e. The van der Waals surface area contributed by atoms with Crippen molar-refractivity contribution in [2.75, 3.05) is 6.61 Å². The van der Waals surface area contributed by atoms with Crippen molar-refractivity contribution in [2.24, 2.45) is 0 Å². The SMILES string of the molecule is CCCO[C@@H](Cc1ccc(I)cc1)C(=O)O. The summed E-state index contributed by atoms with van der Waals surface area (Å²) >= 11 is 2.22. The fourth-order valence-corrected chi connectivity index (χ4v) is 1.67. The lowest BCUT2D eigenvalue weighted by atomic mass is 10.1. The number of carboxylic acid groups (broad SMARTS) is 1. The second kappa shape index (κ2) is 6.85. The van der Waals surface area contributed by atoms with E-state index in [9.17, 15) is 4.79 Å². The summed E-state index contributed by atoms with van der Waals surface area (Å²) < 4.78 is 6.43. The Morgan fingerprint density at radius 2 is 2.06 bits per heavy atom. The van der Waals surface area contributed by atoms with Gasteiger partial charge in [-0.2, -0.15) is 0 Å². The van der Waals surface area contributed by atoms with Crippen molar-refractivity contribution in [3.63, 3.8) is 0 Å². The Hall–Kier alpha value is -0.620. The predicted molar refractivity (Wildman–Crippen MR) is 70.5 cm³/mol. The number of aliphatic carboxylic acids is 1. The highest BCUT2D eigenvalue weighted by Gasteiger charge is 2.17. The molecule has 1 aromatic rings. The molecular weight excluding hydrogens is 319 g/mol. The van der Waals surface area contributed by atoms with Gasteiger partial charge in [0.1, 0.15) is 0 Å². The Kier molecular flexibility index (Phi) is 5.76. The number of benzene rings is 1. The standard InChI is InChI=1S/C12H15IO3/c1-2-7-16-11(12(14)15)8-9-3-5-10(13)6-4-9/h3-6,11H,2,7-8H2,1H3,(H,14,15)/t11-/m0/s1. The first-order valence-corrected chi connectivity index (χ1v) is 6.30. The molecule has 0 saturated heterocycles. The van der Waals surface area contributed by atoms with Gasteiger partial charge in [0.15, 0.2) is 6.10 Å². The van der Waals surface area contributed by atoms with Crippen LogP contribution in [-0.2, 0) is 16.0 Å². The lowest BCUT2D eigenvalue weighted by molar-refractivity contribution is -0.150. The molecule has 1 atom stereocenters. The van der Waals surface area contributed by atoms with Gasteiger partial charge in [-0.15, -0.1) is 0 Å². The third-order valence-corrected chi connectivity index (χ3v) is 2.85. The molecule has 3 nitrogen and oxygen atoms in total. The van der Waals surface area contributed by atoms with E-state index in [1.165, 1.54) is 0 Å². The number of hydrogen-bond donors (Lipinski definition) is 1. The van der Waals surface area contributed by atoms with Gasteiger partial charge in [-0.05, 0) is 46.7 Å². The fraction of sp³-hybridized carbons (Fsp3) is 0.417. The summed E-state index contributed by atoms with van der Waals surface area (Å²) in [4.78, 5) is 11.0. The first-order valence-electron chi connectivity index (χ1n) is 5.22. The second-order valence-electron chi connectivity index (χ2n) is 3.53. The van der Waals surface area contributed by atoms with E-state index in [1.807, 2.05) is 31.2 Å². The Labute approximate surface area is 109 Å². The number of rotatable bonds is 6. The minimum atomic E-state index is -0.896. The highest BCUT2D eigenvalue weighted by molar-refractivity contribution is 14.1. The molecule has 1 aromatic carbocycles. The number of carboxylic acids is 1. The highest BCUT2D eigenvalue weighted by atomic mass is 127. The largest absolute Gasteiger partial charge is 0.479 e. The van der Waals surface area contributed by atoms with Crippen LogP contribution in [0.15, 0.2) is 24.3 Å². The van der Waals surface area contributed by atoms with Crippen molar-refractivity contribution >= 4 is 28.6 Å². The number of halogens is 1. The first kappa shape index (κ1) is 13.4. The van der Waals surface area contributed by atoms with Gasteiger partial charge in [0.05, 0.1) is 0 Å². The Morgan fingerprint density at radius 1 is 1.44 bits per heavy atom. The third kappa shape index (κ3) is 4.49. The van der Waals surface area contributed by atoms with Gasteiger partial charge in [0, 0.05) is 16.6 Å². The molecule has 0 spiro atoms. The van der Waals surface area contributed by atoms with Crippen LogP contribution in [0.4, 0.5) is 0 Å². The average molecular weight is 334 g/mol. The van der Waals surface area contributed by atoms with Gasteiger partial charge in [-0.1, -0.05) is 19.1 Å². The van der Waals surface area contributed by atoms with Crippen molar-refractivity contribution in [3.05, 3.63) is 33.4 Å². The normalized spacial score (nSPS) is 12.4. The van der Waals surface area contributed by atoms with E-state index in [-0.39, 0.29) is 0 Å².